The largest absolute Gasteiger partial charge is 0.506 e. The van der Waals surface area contributed by atoms with Crippen LogP contribution in [0, 0.1) is 5.82 Å². The van der Waals surface area contributed by atoms with E-state index in [-0.39, 0.29) is 28.1 Å². The first-order valence-electron chi connectivity index (χ1n) is 8.15. The molecular weight excluding hydrogens is 531 g/mol. The number of aliphatic imine (C=N–C) groups is 1. The summed E-state index contributed by atoms with van der Waals surface area (Å²) < 4.78 is 15.2. The normalized spacial score (nSPS) is 17.6. The molecule has 1 aliphatic rings. The molecule has 1 atom stereocenters. The molecule has 1 heterocycles. The number of halogens is 3. The van der Waals surface area contributed by atoms with Gasteiger partial charge in [0, 0.05) is 5.56 Å². The number of amidine groups is 1. The zero-order chi connectivity index (χ0) is 21.3. The number of hydrogen-bond acceptors (Lipinski definition) is 5. The Labute approximate surface area is 186 Å². The van der Waals surface area contributed by atoms with Crippen molar-refractivity contribution in [1.29, 1.82) is 0 Å². The van der Waals surface area contributed by atoms with E-state index >= 15 is 0 Å². The first-order chi connectivity index (χ1) is 13.7. The third kappa shape index (κ3) is 4.88. The highest BCUT2D eigenvalue weighted by molar-refractivity contribution is 9.11. The van der Waals surface area contributed by atoms with Crippen molar-refractivity contribution in [2.75, 3.05) is 0 Å². The number of nitrogens with zero attached hydrogens (tertiary/aromatic N) is 1. The Morgan fingerprint density at radius 3 is 2.52 bits per heavy atom. The van der Waals surface area contributed by atoms with Gasteiger partial charge in [0.1, 0.15) is 11.6 Å². The molecule has 1 unspecified atom stereocenters. The lowest BCUT2D eigenvalue weighted by molar-refractivity contribution is -0.138. The van der Waals surface area contributed by atoms with E-state index in [0.29, 0.717) is 19.4 Å². The monoisotopic (exact) mass is 542 g/mol. The van der Waals surface area contributed by atoms with E-state index in [4.69, 9.17) is 5.11 Å². The molecule has 2 aromatic carbocycles. The lowest BCUT2D eigenvalue weighted by atomic mass is 10.0. The highest BCUT2D eigenvalue weighted by atomic mass is 79.9. The van der Waals surface area contributed by atoms with Crippen LogP contribution in [0.15, 0.2) is 49.2 Å². The highest BCUT2D eigenvalue weighted by Gasteiger charge is 2.24. The summed E-state index contributed by atoms with van der Waals surface area (Å²) in [5.74, 6) is -3.07. The molecule has 0 aromatic heterocycles. The standard InChI is InChI=1S/C19H13Br2FN2O4S/c1-8(18(27)28)11-3-2-10(7-14(11)22)23-19-24-17(26)15(29-19)6-9-4-12(20)16(25)13(21)5-9/h2-8,25H,1H3,(H,27,28)(H,23,24,26). The van der Waals surface area contributed by atoms with Crippen LogP contribution >= 0.6 is 43.6 Å². The minimum atomic E-state index is -1.12. The van der Waals surface area contributed by atoms with Crippen LogP contribution in [-0.4, -0.2) is 27.3 Å². The molecule has 3 N–H and O–H groups in total. The van der Waals surface area contributed by atoms with Crippen LogP contribution < -0.4 is 5.32 Å². The Bertz CT molecular complexity index is 1060. The van der Waals surface area contributed by atoms with Crippen LogP contribution in [0.4, 0.5) is 10.1 Å². The molecule has 150 valence electrons. The maximum Gasteiger partial charge on any atom is 0.310 e. The number of carboxylic acid groups (broad SMARTS) is 1. The zero-order valence-corrected chi connectivity index (χ0v) is 18.7. The van der Waals surface area contributed by atoms with Crippen molar-refractivity contribution >= 4 is 72.4 Å². The molecule has 1 amide bonds. The second-order valence-corrected chi connectivity index (χ2v) is 8.82. The summed E-state index contributed by atoms with van der Waals surface area (Å²) in [7, 11) is 0. The van der Waals surface area contributed by atoms with E-state index in [9.17, 15) is 19.1 Å². The third-order valence-electron chi connectivity index (χ3n) is 4.04. The molecule has 0 aliphatic carbocycles. The van der Waals surface area contributed by atoms with Crippen LogP contribution in [0.2, 0.25) is 0 Å². The molecular formula is C19H13Br2FN2O4S. The third-order valence-corrected chi connectivity index (χ3v) is 6.16. The average molecular weight is 544 g/mol. The SMILES string of the molecule is CC(C(=O)O)c1ccc(N=C2NC(=O)C(=Cc3cc(Br)c(O)c(Br)c3)S2)cc1F. The van der Waals surface area contributed by atoms with E-state index in [1.54, 1.807) is 18.2 Å². The van der Waals surface area contributed by atoms with Gasteiger partial charge in [0.2, 0.25) is 0 Å². The Hall–Kier alpha value is -2.17. The number of aromatic hydroxyl groups is 1. The zero-order valence-electron chi connectivity index (χ0n) is 14.7. The molecule has 1 fully saturated rings. The fourth-order valence-corrected chi connectivity index (χ4v) is 4.55. The summed E-state index contributed by atoms with van der Waals surface area (Å²) >= 11 is 7.56. The van der Waals surface area contributed by atoms with Gasteiger partial charge in [-0.25, -0.2) is 9.38 Å². The van der Waals surface area contributed by atoms with Gasteiger partial charge < -0.3 is 15.5 Å². The second-order valence-electron chi connectivity index (χ2n) is 6.08. The summed E-state index contributed by atoms with van der Waals surface area (Å²) in [6, 6.07) is 7.32. The fourth-order valence-electron chi connectivity index (χ4n) is 2.49. The molecule has 1 saturated heterocycles. The Balaban J connectivity index is 1.84. The van der Waals surface area contributed by atoms with Crippen molar-refractivity contribution in [2.45, 2.75) is 12.8 Å². The van der Waals surface area contributed by atoms with E-state index in [0.717, 1.165) is 17.8 Å². The van der Waals surface area contributed by atoms with Gasteiger partial charge in [-0.1, -0.05) is 6.07 Å². The lowest BCUT2D eigenvalue weighted by Crippen LogP contribution is -2.19. The highest BCUT2D eigenvalue weighted by Crippen LogP contribution is 2.35. The van der Waals surface area contributed by atoms with Gasteiger partial charge in [0.15, 0.2) is 5.17 Å². The molecule has 6 nitrogen and oxygen atoms in total. The number of benzene rings is 2. The van der Waals surface area contributed by atoms with Crippen molar-refractivity contribution < 1.29 is 24.2 Å². The number of amides is 1. The number of rotatable bonds is 4. The van der Waals surface area contributed by atoms with Gasteiger partial charge >= 0.3 is 5.97 Å². The molecule has 3 rings (SSSR count). The summed E-state index contributed by atoms with van der Waals surface area (Å²) in [4.78, 5) is 27.8. The van der Waals surface area contributed by atoms with Crippen molar-refractivity contribution in [3.05, 3.63) is 61.1 Å². The van der Waals surface area contributed by atoms with Gasteiger partial charge in [-0.2, -0.15) is 0 Å². The fraction of sp³-hybridized carbons (Fsp3) is 0.105. The number of carbonyl (C=O) groups excluding carboxylic acids is 1. The Morgan fingerprint density at radius 2 is 1.93 bits per heavy atom. The van der Waals surface area contributed by atoms with E-state index in [1.807, 2.05) is 0 Å². The number of carboxylic acids is 1. The maximum absolute atomic E-state index is 14.2. The first kappa shape index (κ1) is 21.5. The molecule has 0 radical (unpaired) electrons. The number of carbonyl (C=O) groups is 2. The van der Waals surface area contributed by atoms with Crippen LogP contribution in [0.5, 0.6) is 5.75 Å². The molecule has 10 heteroatoms. The van der Waals surface area contributed by atoms with Gasteiger partial charge in [0.05, 0.1) is 25.5 Å². The average Bonchev–Trinajstić information content (AvgIpc) is 2.98. The van der Waals surface area contributed by atoms with Crippen LogP contribution in [-0.2, 0) is 9.59 Å². The Kier molecular flexibility index (Phi) is 6.45. The number of hydrogen-bond donors (Lipinski definition) is 3. The number of thioether (sulfide) groups is 1. The molecule has 0 spiro atoms. The van der Waals surface area contributed by atoms with Crippen molar-refractivity contribution in [3.63, 3.8) is 0 Å². The predicted molar refractivity (Wildman–Crippen MR) is 117 cm³/mol. The quantitative estimate of drug-likeness (QED) is 0.464. The minimum Gasteiger partial charge on any atom is -0.506 e. The van der Waals surface area contributed by atoms with Gasteiger partial charge in [-0.15, -0.1) is 0 Å². The van der Waals surface area contributed by atoms with Gasteiger partial charge in [-0.05, 0) is 86.5 Å². The summed E-state index contributed by atoms with van der Waals surface area (Å²) in [6.07, 6.45) is 1.63. The van der Waals surface area contributed by atoms with E-state index in [2.05, 4.69) is 42.2 Å². The second kappa shape index (κ2) is 8.68. The van der Waals surface area contributed by atoms with Crippen LogP contribution in [0.1, 0.15) is 24.0 Å². The van der Waals surface area contributed by atoms with E-state index in [1.165, 1.54) is 19.1 Å². The maximum atomic E-state index is 14.2. The molecule has 0 bridgehead atoms. The lowest BCUT2D eigenvalue weighted by Gasteiger charge is -2.08. The van der Waals surface area contributed by atoms with Crippen molar-refractivity contribution in [3.8, 4) is 5.75 Å². The van der Waals surface area contributed by atoms with Crippen LogP contribution in [0.25, 0.3) is 6.08 Å². The number of phenols is 1. The van der Waals surface area contributed by atoms with Gasteiger partial charge in [0.25, 0.3) is 5.91 Å². The molecule has 0 saturated carbocycles. The minimum absolute atomic E-state index is 0.0561. The van der Waals surface area contributed by atoms with E-state index < -0.39 is 17.7 Å². The number of nitrogens with one attached hydrogen (secondary N) is 1. The summed E-state index contributed by atoms with van der Waals surface area (Å²) in [6.45, 7) is 1.40. The molecule has 29 heavy (non-hydrogen) atoms. The Morgan fingerprint density at radius 1 is 1.28 bits per heavy atom. The first-order valence-corrected chi connectivity index (χ1v) is 10.6. The molecule has 1 aliphatic heterocycles. The topological polar surface area (TPSA) is 99.0 Å². The molecule has 2 aromatic rings. The van der Waals surface area contributed by atoms with Crippen molar-refractivity contribution in [1.82, 2.24) is 5.32 Å². The van der Waals surface area contributed by atoms with Crippen LogP contribution in [0.3, 0.4) is 0 Å². The van der Waals surface area contributed by atoms with Crippen molar-refractivity contribution in [2.24, 2.45) is 4.99 Å². The summed E-state index contributed by atoms with van der Waals surface area (Å²) in [5, 5.41) is 21.7. The number of aliphatic carboxylic acids is 1. The smallest absolute Gasteiger partial charge is 0.310 e. The number of phenolic OH excluding ortho intramolecular Hbond substituents is 1. The summed E-state index contributed by atoms with van der Waals surface area (Å²) in [5.41, 5.74) is 0.996. The van der Waals surface area contributed by atoms with Gasteiger partial charge in [-0.3, -0.25) is 9.59 Å². The predicted octanol–water partition coefficient (Wildman–Crippen LogP) is 5.14.